The van der Waals surface area contributed by atoms with Crippen LogP contribution >= 0.6 is 0 Å². The van der Waals surface area contributed by atoms with Crippen LogP contribution < -0.4 is 29.9 Å². The Morgan fingerprint density at radius 2 is 1.28 bits per heavy atom. The van der Waals surface area contributed by atoms with Crippen LogP contribution in [0.15, 0.2) is 140 Å². The summed E-state index contributed by atoms with van der Waals surface area (Å²) in [7, 11) is 0. The number of fused-ring (bicyclic) bond motifs is 9. The molecule has 1 aliphatic carbocycles. The van der Waals surface area contributed by atoms with Crippen molar-refractivity contribution in [3.05, 3.63) is 178 Å². The first-order valence-corrected chi connectivity index (χ1v) is 23.8. The third kappa shape index (κ3) is 8.34. The van der Waals surface area contributed by atoms with Crippen molar-refractivity contribution in [3.63, 3.8) is 0 Å². The molecular formula is C57H57N5O7. The molecule has 0 saturated carbocycles. The predicted octanol–water partition coefficient (Wildman–Crippen LogP) is 10.9. The van der Waals surface area contributed by atoms with Gasteiger partial charge in [0.05, 0.1) is 11.3 Å². The lowest BCUT2D eigenvalue weighted by Crippen LogP contribution is -2.48. The highest BCUT2D eigenvalue weighted by Gasteiger charge is 2.56. The van der Waals surface area contributed by atoms with Crippen LogP contribution in [0.25, 0.3) is 11.1 Å². The molecule has 6 aromatic rings. The fourth-order valence-corrected chi connectivity index (χ4v) is 10.3. The largest absolute Gasteiger partial charge is 0.513 e. The standard InChI is InChI=1S/C57H57N5O7/c1-7-60(8-2)37-24-27-48-51(32-37)69-52-33-38(61(9-3)10-4)25-28-49(52)57(48)47-23-16-15-22-44(47)55(65)62(57)31-17-30-58-54(64)45-34-39(26-29-50(45)59-53(63)36(5)6)68-56(66)67-35-46-42-20-13-11-18-40(42)41-19-12-14-21-43(41)46/h11-16,18-29,32-34,46H,5,7-10,17,30-31,35H2,1-4,6H3,(H,58,64)(H,59,63). The van der Waals surface area contributed by atoms with Crippen molar-refractivity contribution in [3.8, 4) is 28.4 Å². The second-order valence-electron chi connectivity index (χ2n) is 17.5. The van der Waals surface area contributed by atoms with Crippen molar-refractivity contribution in [2.45, 2.75) is 52.5 Å². The summed E-state index contributed by atoms with van der Waals surface area (Å²) in [5.74, 6) is 0.115. The minimum absolute atomic E-state index is 0.0533. The Balaban J connectivity index is 0.969. The van der Waals surface area contributed by atoms with Crippen LogP contribution in [0.5, 0.6) is 17.2 Å². The van der Waals surface area contributed by atoms with Gasteiger partial charge in [0, 0.05) is 91.0 Å². The van der Waals surface area contributed by atoms with Gasteiger partial charge in [0.1, 0.15) is 29.4 Å². The molecule has 12 heteroatoms. The van der Waals surface area contributed by atoms with Crippen molar-refractivity contribution in [1.82, 2.24) is 10.2 Å². The van der Waals surface area contributed by atoms with Gasteiger partial charge in [-0.2, -0.15) is 0 Å². The van der Waals surface area contributed by atoms with E-state index in [0.29, 0.717) is 23.5 Å². The topological polar surface area (TPSA) is 130 Å². The quantitative estimate of drug-likeness (QED) is 0.0422. The summed E-state index contributed by atoms with van der Waals surface area (Å²) < 4.78 is 18.2. The number of nitrogens with zero attached hydrogens (tertiary/aromatic N) is 3. The first-order valence-electron chi connectivity index (χ1n) is 23.8. The summed E-state index contributed by atoms with van der Waals surface area (Å²) in [4.78, 5) is 61.5. The fraction of sp³-hybridized carbons (Fsp3) is 0.263. The van der Waals surface area contributed by atoms with Gasteiger partial charge in [-0.25, -0.2) is 4.79 Å². The lowest BCUT2D eigenvalue weighted by atomic mass is 9.74. The molecule has 2 N–H and O–H groups in total. The fourth-order valence-electron chi connectivity index (χ4n) is 10.3. The molecule has 3 amide bonds. The second kappa shape index (κ2) is 19.4. The van der Waals surface area contributed by atoms with Crippen LogP contribution in [0.3, 0.4) is 0 Å². The zero-order valence-electron chi connectivity index (χ0n) is 39.8. The number of carbonyl (C=O) groups excluding carboxylic acids is 4. The molecule has 2 heterocycles. The molecule has 0 aromatic heterocycles. The van der Waals surface area contributed by atoms with Gasteiger partial charge < -0.3 is 39.5 Å². The van der Waals surface area contributed by atoms with E-state index in [1.807, 2.05) is 65.6 Å². The number of anilines is 3. The first kappa shape index (κ1) is 46.3. The monoisotopic (exact) mass is 923 g/mol. The zero-order chi connectivity index (χ0) is 48.4. The van der Waals surface area contributed by atoms with Gasteiger partial charge in [0.25, 0.3) is 17.7 Å². The Hall–Kier alpha value is -7.86. The molecule has 0 radical (unpaired) electrons. The number of hydrogen-bond donors (Lipinski definition) is 2. The number of carbonyl (C=O) groups is 4. The molecule has 0 saturated heterocycles. The summed E-state index contributed by atoms with van der Waals surface area (Å²) >= 11 is 0. The van der Waals surface area contributed by atoms with Crippen LogP contribution in [0.4, 0.5) is 21.9 Å². The molecule has 0 atom stereocenters. The molecule has 0 bridgehead atoms. The van der Waals surface area contributed by atoms with Gasteiger partial charge in [0.2, 0.25) is 0 Å². The van der Waals surface area contributed by atoms with E-state index in [0.717, 1.165) is 76.5 Å². The summed E-state index contributed by atoms with van der Waals surface area (Å²) in [6.07, 6.45) is -0.561. The van der Waals surface area contributed by atoms with E-state index in [2.05, 4.69) is 103 Å². The molecule has 9 rings (SSSR count). The molecule has 0 unspecified atom stereocenters. The van der Waals surface area contributed by atoms with E-state index >= 15 is 0 Å². The highest BCUT2D eigenvalue weighted by molar-refractivity contribution is 6.08. The van der Waals surface area contributed by atoms with Crippen molar-refractivity contribution in [1.29, 1.82) is 0 Å². The average molecular weight is 924 g/mol. The zero-order valence-corrected chi connectivity index (χ0v) is 39.8. The van der Waals surface area contributed by atoms with Crippen molar-refractivity contribution >= 4 is 40.9 Å². The van der Waals surface area contributed by atoms with E-state index in [1.54, 1.807) is 6.92 Å². The molecule has 352 valence electrons. The van der Waals surface area contributed by atoms with Crippen LogP contribution in [0.1, 0.15) is 95.5 Å². The van der Waals surface area contributed by atoms with E-state index in [4.69, 9.17) is 14.2 Å². The normalized spacial score (nSPS) is 13.6. The minimum atomic E-state index is -1.03. The summed E-state index contributed by atoms with van der Waals surface area (Å²) in [6, 6.07) is 40.8. The van der Waals surface area contributed by atoms with E-state index < -0.39 is 23.5 Å². The van der Waals surface area contributed by atoms with Gasteiger partial charge in [-0.15, -0.1) is 0 Å². The summed E-state index contributed by atoms with van der Waals surface area (Å²) in [6.45, 7) is 17.6. The molecule has 1 spiro atoms. The SMILES string of the molecule is C=C(C)C(=O)Nc1ccc(OC(=O)OCC2c3ccccc3-c3ccccc32)cc1C(=O)NCCCN1C(=O)c2ccccc2C12c1ccc(N(CC)CC)cc1Oc1cc(N(CC)CC)ccc12. The van der Waals surface area contributed by atoms with Gasteiger partial charge in [-0.3, -0.25) is 14.4 Å². The smallest absolute Gasteiger partial charge is 0.456 e. The highest BCUT2D eigenvalue weighted by Crippen LogP contribution is 2.58. The first-order chi connectivity index (χ1) is 33.5. The van der Waals surface area contributed by atoms with Crippen LogP contribution in [-0.4, -0.2) is 74.7 Å². The average Bonchev–Trinajstić information content (AvgIpc) is 3.81. The number of ether oxygens (including phenoxy) is 3. The maximum absolute atomic E-state index is 14.8. The highest BCUT2D eigenvalue weighted by atomic mass is 16.7. The molecular weight excluding hydrogens is 867 g/mol. The van der Waals surface area contributed by atoms with Crippen LogP contribution in [0.2, 0.25) is 0 Å². The van der Waals surface area contributed by atoms with E-state index in [9.17, 15) is 19.2 Å². The van der Waals surface area contributed by atoms with E-state index in [1.165, 1.54) is 18.2 Å². The molecule has 0 fully saturated rings. The van der Waals surface area contributed by atoms with Crippen LogP contribution in [0, 0.1) is 0 Å². The minimum Gasteiger partial charge on any atom is -0.456 e. The molecule has 69 heavy (non-hydrogen) atoms. The lowest BCUT2D eigenvalue weighted by Gasteiger charge is -2.45. The number of benzene rings is 6. The Bertz CT molecular complexity index is 2890. The van der Waals surface area contributed by atoms with Crippen LogP contribution in [-0.2, 0) is 15.1 Å². The molecule has 2 aliphatic heterocycles. The number of nitrogens with one attached hydrogen (secondary N) is 2. The van der Waals surface area contributed by atoms with Crippen molar-refractivity contribution in [2.75, 3.05) is 61.0 Å². The Kier molecular flexibility index (Phi) is 13.0. The summed E-state index contributed by atoms with van der Waals surface area (Å²) in [5.41, 5.74) is 9.03. The summed E-state index contributed by atoms with van der Waals surface area (Å²) in [5, 5.41) is 5.76. The molecule has 3 aliphatic rings. The molecule has 6 aromatic carbocycles. The Morgan fingerprint density at radius 1 is 0.710 bits per heavy atom. The number of amides is 3. The van der Waals surface area contributed by atoms with Crippen molar-refractivity contribution in [2.24, 2.45) is 0 Å². The van der Waals surface area contributed by atoms with Gasteiger partial charge in [-0.1, -0.05) is 85.4 Å². The number of rotatable bonds is 16. The van der Waals surface area contributed by atoms with E-state index in [-0.39, 0.29) is 54.1 Å². The molecule has 12 nitrogen and oxygen atoms in total. The maximum Gasteiger partial charge on any atom is 0.513 e. The maximum atomic E-state index is 14.8. The third-order valence-corrected chi connectivity index (χ3v) is 13.6. The lowest BCUT2D eigenvalue weighted by molar-refractivity contribution is -0.112. The Morgan fingerprint density at radius 3 is 1.86 bits per heavy atom. The predicted molar refractivity (Wildman–Crippen MR) is 270 cm³/mol. The van der Waals surface area contributed by atoms with Gasteiger partial charge >= 0.3 is 6.16 Å². The van der Waals surface area contributed by atoms with Gasteiger partial charge in [0.15, 0.2) is 0 Å². The van der Waals surface area contributed by atoms with Gasteiger partial charge in [-0.05, 0) is 105 Å². The number of hydrogen-bond acceptors (Lipinski definition) is 9. The Labute approximate surface area is 403 Å². The van der Waals surface area contributed by atoms with Crippen molar-refractivity contribution < 1.29 is 33.4 Å². The second-order valence-corrected chi connectivity index (χ2v) is 17.5. The third-order valence-electron chi connectivity index (χ3n) is 13.6.